The first-order valence-electron chi connectivity index (χ1n) is 11.3. The Morgan fingerprint density at radius 2 is 2.18 bits per heavy atom. The molecule has 33 heavy (non-hydrogen) atoms. The second-order valence-electron chi connectivity index (χ2n) is 8.99. The average Bonchev–Trinajstić information content (AvgIpc) is 3.48. The summed E-state index contributed by atoms with van der Waals surface area (Å²) in [5, 5.41) is 8.68. The standard InChI is InChI=1S/C23H28N8OS/c1-15-5-4-6-29(10-15)14-19-7-21(33-28-19)27-22-23-24-9-20(31(23)11-16(2)26-22)18-8-25-30(13-18)12-17(3)32/h7-9,11,13,15H,4-6,10,12,14H2,1-3H3,(H,26,27). The molecule has 1 aliphatic rings. The summed E-state index contributed by atoms with van der Waals surface area (Å²) >= 11 is 1.45. The Morgan fingerprint density at radius 3 is 3.00 bits per heavy atom. The molecule has 1 saturated heterocycles. The minimum absolute atomic E-state index is 0.0630. The molecule has 5 rings (SSSR count). The smallest absolute Gasteiger partial charge is 0.180 e. The van der Waals surface area contributed by atoms with Crippen LogP contribution in [0.5, 0.6) is 0 Å². The van der Waals surface area contributed by atoms with Crippen LogP contribution >= 0.6 is 11.5 Å². The number of nitrogens with zero attached hydrogens (tertiary/aromatic N) is 7. The Hall–Kier alpha value is -3.11. The van der Waals surface area contributed by atoms with Crippen LogP contribution in [0.1, 0.15) is 38.1 Å². The van der Waals surface area contributed by atoms with Crippen molar-refractivity contribution in [3.63, 3.8) is 0 Å². The number of nitrogens with one attached hydrogen (secondary N) is 1. The summed E-state index contributed by atoms with van der Waals surface area (Å²) in [4.78, 5) is 23.2. The van der Waals surface area contributed by atoms with Gasteiger partial charge in [-0.1, -0.05) is 6.92 Å². The van der Waals surface area contributed by atoms with E-state index in [9.17, 15) is 4.79 Å². The van der Waals surface area contributed by atoms with Gasteiger partial charge in [-0.25, -0.2) is 9.97 Å². The molecule has 1 aliphatic heterocycles. The van der Waals surface area contributed by atoms with Crippen molar-refractivity contribution < 1.29 is 4.79 Å². The van der Waals surface area contributed by atoms with Crippen LogP contribution in [0.2, 0.25) is 0 Å². The summed E-state index contributed by atoms with van der Waals surface area (Å²) < 4.78 is 8.31. The van der Waals surface area contributed by atoms with Gasteiger partial charge in [0, 0.05) is 31.0 Å². The number of anilines is 2. The number of carbonyl (C=O) groups is 1. The largest absolute Gasteiger partial charge is 0.328 e. The summed E-state index contributed by atoms with van der Waals surface area (Å²) in [5.41, 5.74) is 4.48. The van der Waals surface area contributed by atoms with E-state index < -0.39 is 0 Å². The topological polar surface area (TPSA) is 93.2 Å². The third-order valence-electron chi connectivity index (χ3n) is 5.85. The van der Waals surface area contributed by atoms with E-state index >= 15 is 0 Å². The lowest BCUT2D eigenvalue weighted by Gasteiger charge is -2.30. The number of imidazole rings is 1. The summed E-state index contributed by atoms with van der Waals surface area (Å²) in [6.07, 6.45) is 9.97. The molecule has 9 nitrogen and oxygen atoms in total. The van der Waals surface area contributed by atoms with Crippen LogP contribution in [0.25, 0.3) is 16.9 Å². The fourth-order valence-electron chi connectivity index (χ4n) is 4.44. The van der Waals surface area contributed by atoms with Gasteiger partial charge in [0.05, 0.1) is 36.0 Å². The first kappa shape index (κ1) is 21.7. The third-order valence-corrected chi connectivity index (χ3v) is 6.60. The van der Waals surface area contributed by atoms with Crippen molar-refractivity contribution in [2.24, 2.45) is 5.92 Å². The molecular formula is C23H28N8OS. The van der Waals surface area contributed by atoms with Crippen molar-refractivity contribution in [1.82, 2.24) is 33.4 Å². The fourth-order valence-corrected chi connectivity index (χ4v) is 5.10. The lowest BCUT2D eigenvalue weighted by atomic mass is 10.0. The maximum Gasteiger partial charge on any atom is 0.180 e. The lowest BCUT2D eigenvalue weighted by Crippen LogP contribution is -2.33. The van der Waals surface area contributed by atoms with E-state index in [-0.39, 0.29) is 12.3 Å². The molecule has 172 valence electrons. The molecular weight excluding hydrogens is 436 g/mol. The van der Waals surface area contributed by atoms with Gasteiger partial charge in [0.25, 0.3) is 0 Å². The molecule has 0 bridgehead atoms. The summed E-state index contributed by atoms with van der Waals surface area (Å²) in [6.45, 7) is 9.27. The lowest BCUT2D eigenvalue weighted by molar-refractivity contribution is -0.117. The number of carbonyl (C=O) groups excluding carboxylic acids is 1. The molecule has 0 aromatic carbocycles. The Balaban J connectivity index is 1.38. The monoisotopic (exact) mass is 464 g/mol. The highest BCUT2D eigenvalue weighted by atomic mass is 32.1. The van der Waals surface area contributed by atoms with Crippen LogP contribution in [0.3, 0.4) is 0 Å². The highest BCUT2D eigenvalue weighted by Crippen LogP contribution is 2.28. The first-order chi connectivity index (χ1) is 15.9. The van der Waals surface area contributed by atoms with Crippen LogP contribution in [0, 0.1) is 12.8 Å². The van der Waals surface area contributed by atoms with Crippen LogP contribution in [-0.2, 0) is 17.9 Å². The zero-order valence-corrected chi connectivity index (χ0v) is 20.0. The molecule has 1 fully saturated rings. The minimum Gasteiger partial charge on any atom is -0.328 e. The number of aromatic nitrogens is 6. The summed E-state index contributed by atoms with van der Waals surface area (Å²) in [6, 6.07) is 2.11. The molecule has 5 heterocycles. The van der Waals surface area contributed by atoms with Crippen molar-refractivity contribution in [3.8, 4) is 11.3 Å². The number of hydrogen-bond donors (Lipinski definition) is 1. The van der Waals surface area contributed by atoms with E-state index in [1.807, 2.05) is 29.9 Å². The normalized spacial score (nSPS) is 17.0. The summed E-state index contributed by atoms with van der Waals surface area (Å²) in [7, 11) is 0. The molecule has 4 aromatic rings. The zero-order valence-electron chi connectivity index (χ0n) is 19.2. The number of piperidine rings is 1. The van der Waals surface area contributed by atoms with Gasteiger partial charge in [0.15, 0.2) is 17.2 Å². The number of rotatable bonds is 7. The number of ketones is 1. The molecule has 1 N–H and O–H groups in total. The highest BCUT2D eigenvalue weighted by Gasteiger charge is 2.18. The number of fused-ring (bicyclic) bond motifs is 1. The van der Waals surface area contributed by atoms with Gasteiger partial charge in [-0.2, -0.15) is 9.47 Å². The second kappa shape index (κ2) is 9.03. The predicted octanol–water partition coefficient (Wildman–Crippen LogP) is 3.92. The van der Waals surface area contributed by atoms with Gasteiger partial charge in [0.2, 0.25) is 0 Å². The van der Waals surface area contributed by atoms with Crippen molar-refractivity contribution >= 4 is 33.8 Å². The molecule has 0 spiro atoms. The quantitative estimate of drug-likeness (QED) is 0.443. The van der Waals surface area contributed by atoms with Crippen LogP contribution in [0.15, 0.2) is 30.9 Å². The number of likely N-dealkylation sites (tertiary alicyclic amines) is 1. The van der Waals surface area contributed by atoms with Crippen LogP contribution in [-0.4, -0.2) is 52.3 Å². The van der Waals surface area contributed by atoms with Gasteiger partial charge < -0.3 is 5.32 Å². The second-order valence-corrected chi connectivity index (χ2v) is 9.79. The Morgan fingerprint density at radius 1 is 1.30 bits per heavy atom. The van der Waals surface area contributed by atoms with E-state index in [1.165, 1.54) is 24.4 Å². The van der Waals surface area contributed by atoms with E-state index in [2.05, 4.69) is 37.7 Å². The van der Waals surface area contributed by atoms with Gasteiger partial charge in [0.1, 0.15) is 5.00 Å². The minimum atomic E-state index is 0.0630. The molecule has 0 aliphatic carbocycles. The van der Waals surface area contributed by atoms with E-state index in [0.717, 1.165) is 58.8 Å². The Labute approximate surface area is 196 Å². The Kier molecular flexibility index (Phi) is 5.94. The van der Waals surface area contributed by atoms with Crippen molar-refractivity contribution in [2.75, 3.05) is 18.4 Å². The Bertz CT molecular complexity index is 1290. The molecule has 0 radical (unpaired) electrons. The molecule has 0 saturated carbocycles. The fraction of sp³-hybridized carbons (Fsp3) is 0.435. The third kappa shape index (κ3) is 4.81. The molecule has 4 aromatic heterocycles. The van der Waals surface area contributed by atoms with Gasteiger partial charge in [-0.15, -0.1) is 0 Å². The zero-order chi connectivity index (χ0) is 22.9. The SMILES string of the molecule is CC(=O)Cn1cc(-c2cnc3c(Nc4cc(CN5CCCC(C)C5)ns4)nc(C)cn23)cn1. The maximum absolute atomic E-state index is 11.4. The maximum atomic E-state index is 11.4. The molecule has 1 unspecified atom stereocenters. The molecule has 10 heteroatoms. The van der Waals surface area contributed by atoms with Gasteiger partial charge in [-0.3, -0.25) is 18.8 Å². The molecule has 0 amide bonds. The van der Waals surface area contributed by atoms with Crippen molar-refractivity contribution in [3.05, 3.63) is 42.2 Å². The van der Waals surface area contributed by atoms with E-state index in [0.29, 0.717) is 5.82 Å². The molecule has 1 atom stereocenters. The van der Waals surface area contributed by atoms with Crippen molar-refractivity contribution in [1.29, 1.82) is 0 Å². The number of hydrogen-bond acceptors (Lipinski definition) is 8. The van der Waals surface area contributed by atoms with E-state index in [1.54, 1.807) is 17.8 Å². The first-order valence-corrected chi connectivity index (χ1v) is 12.0. The summed E-state index contributed by atoms with van der Waals surface area (Å²) in [5.74, 6) is 1.51. The highest BCUT2D eigenvalue weighted by molar-refractivity contribution is 7.10. The van der Waals surface area contributed by atoms with Gasteiger partial charge in [-0.05, 0) is 56.8 Å². The number of Topliss-reactive ketones (excluding diaryl/α,β-unsaturated/α-hetero) is 1. The van der Waals surface area contributed by atoms with E-state index in [4.69, 9.17) is 4.98 Å². The van der Waals surface area contributed by atoms with Crippen LogP contribution in [0.4, 0.5) is 10.8 Å². The average molecular weight is 465 g/mol. The van der Waals surface area contributed by atoms with Gasteiger partial charge >= 0.3 is 0 Å². The van der Waals surface area contributed by atoms with Crippen LogP contribution < -0.4 is 5.32 Å². The predicted molar refractivity (Wildman–Crippen MR) is 129 cm³/mol. The van der Waals surface area contributed by atoms with Crippen molar-refractivity contribution in [2.45, 2.75) is 46.7 Å². The number of aryl methyl sites for hydroxylation is 1.